The molecule has 0 saturated heterocycles. The van der Waals surface area contributed by atoms with E-state index in [1.807, 2.05) is 0 Å². The van der Waals surface area contributed by atoms with Gasteiger partial charge in [0.25, 0.3) is 0 Å². The van der Waals surface area contributed by atoms with Crippen LogP contribution in [0, 0.1) is 0 Å². The lowest BCUT2D eigenvalue weighted by Crippen LogP contribution is -2.20. The zero-order chi connectivity index (χ0) is 11.9. The first kappa shape index (κ1) is 12.0. The summed E-state index contributed by atoms with van der Waals surface area (Å²) in [6.07, 6.45) is 1.85. The van der Waals surface area contributed by atoms with Crippen molar-refractivity contribution < 1.29 is 9.47 Å². The largest absolute Gasteiger partial charge is 0.492 e. The van der Waals surface area contributed by atoms with E-state index in [-0.39, 0.29) is 5.54 Å². The van der Waals surface area contributed by atoms with Crippen molar-refractivity contribution in [3.05, 3.63) is 21.1 Å². The van der Waals surface area contributed by atoms with E-state index >= 15 is 0 Å². The Kier molecular flexibility index (Phi) is 3.07. The Morgan fingerprint density at radius 1 is 1.31 bits per heavy atom. The molecule has 0 aliphatic heterocycles. The molecule has 3 nitrogen and oxygen atoms in total. The first-order valence-electron chi connectivity index (χ1n) is 4.93. The highest BCUT2D eigenvalue weighted by Gasteiger charge is 2.45. The number of hydrogen-bond donors (Lipinski definition) is 1. The summed E-state index contributed by atoms with van der Waals surface area (Å²) in [7, 11) is 3.19. The fraction of sp³-hybridized carbons (Fsp3) is 0.455. The third-order valence-electron chi connectivity index (χ3n) is 2.84. The Balaban J connectivity index is 2.66. The third kappa shape index (κ3) is 1.79. The van der Waals surface area contributed by atoms with Crippen molar-refractivity contribution in [3.63, 3.8) is 0 Å². The molecule has 88 valence electrons. The molecule has 5 heteroatoms. The zero-order valence-corrected chi connectivity index (χ0v) is 11.5. The molecular weight excluding hydrogens is 293 g/mol. The summed E-state index contributed by atoms with van der Waals surface area (Å²) in [5.74, 6) is 1.26. The van der Waals surface area contributed by atoms with Crippen LogP contribution in [-0.2, 0) is 5.54 Å². The molecule has 0 radical (unpaired) electrons. The number of rotatable bonds is 3. The average Bonchev–Trinajstić information content (AvgIpc) is 2.95. The summed E-state index contributed by atoms with van der Waals surface area (Å²) >= 11 is 9.61. The first-order chi connectivity index (χ1) is 7.53. The lowest BCUT2D eigenvalue weighted by molar-refractivity contribution is 0.347. The van der Waals surface area contributed by atoms with Crippen LogP contribution in [0.15, 0.2) is 10.5 Å². The van der Waals surface area contributed by atoms with E-state index in [9.17, 15) is 0 Å². The molecule has 1 aliphatic carbocycles. The Labute approximate surface area is 108 Å². The minimum Gasteiger partial charge on any atom is -0.492 e. The monoisotopic (exact) mass is 305 g/mol. The standard InChI is InChI=1S/C11H13BrClNO2/c1-15-9-6(12)5-7(13)8(10(9)16-2)11(14)3-4-11/h5H,3-4,14H2,1-2H3. The maximum Gasteiger partial charge on any atom is 0.175 e. The van der Waals surface area contributed by atoms with Gasteiger partial charge in [0.1, 0.15) is 0 Å². The summed E-state index contributed by atoms with van der Waals surface area (Å²) in [6, 6.07) is 1.80. The molecule has 0 heterocycles. The van der Waals surface area contributed by atoms with Crippen LogP contribution in [0.2, 0.25) is 5.02 Å². The van der Waals surface area contributed by atoms with Gasteiger partial charge >= 0.3 is 0 Å². The second-order valence-corrected chi connectivity index (χ2v) is 5.20. The molecule has 0 spiro atoms. The van der Waals surface area contributed by atoms with Crippen molar-refractivity contribution in [2.75, 3.05) is 14.2 Å². The molecule has 1 fully saturated rings. The molecule has 0 amide bonds. The predicted octanol–water partition coefficient (Wildman–Crippen LogP) is 3.07. The molecule has 0 atom stereocenters. The van der Waals surface area contributed by atoms with Gasteiger partial charge in [-0.15, -0.1) is 0 Å². The summed E-state index contributed by atoms with van der Waals surface area (Å²) in [6.45, 7) is 0. The predicted molar refractivity (Wildman–Crippen MR) is 67.4 cm³/mol. The fourth-order valence-electron chi connectivity index (χ4n) is 1.81. The van der Waals surface area contributed by atoms with E-state index in [4.69, 9.17) is 26.8 Å². The van der Waals surface area contributed by atoms with E-state index in [1.54, 1.807) is 20.3 Å². The highest BCUT2D eigenvalue weighted by atomic mass is 79.9. The third-order valence-corrected chi connectivity index (χ3v) is 3.72. The second kappa shape index (κ2) is 4.09. The zero-order valence-electron chi connectivity index (χ0n) is 9.14. The van der Waals surface area contributed by atoms with Gasteiger partial charge in [0.15, 0.2) is 11.5 Å². The first-order valence-corrected chi connectivity index (χ1v) is 6.10. The van der Waals surface area contributed by atoms with Gasteiger partial charge in [-0.2, -0.15) is 0 Å². The molecule has 0 bridgehead atoms. The Morgan fingerprint density at radius 3 is 2.31 bits per heavy atom. The normalized spacial score (nSPS) is 17.1. The maximum absolute atomic E-state index is 6.22. The van der Waals surface area contributed by atoms with Crippen molar-refractivity contribution in [2.45, 2.75) is 18.4 Å². The van der Waals surface area contributed by atoms with Crippen molar-refractivity contribution in [3.8, 4) is 11.5 Å². The van der Waals surface area contributed by atoms with Gasteiger partial charge in [-0.3, -0.25) is 0 Å². The number of halogens is 2. The molecular formula is C11H13BrClNO2. The fourth-order valence-corrected chi connectivity index (χ4v) is 2.90. The lowest BCUT2D eigenvalue weighted by atomic mass is 10.0. The van der Waals surface area contributed by atoms with Crippen molar-refractivity contribution in [1.82, 2.24) is 0 Å². The highest BCUT2D eigenvalue weighted by molar-refractivity contribution is 9.10. The average molecular weight is 307 g/mol. The van der Waals surface area contributed by atoms with Crippen molar-refractivity contribution in [1.29, 1.82) is 0 Å². The van der Waals surface area contributed by atoms with Crippen LogP contribution in [0.25, 0.3) is 0 Å². The molecule has 1 aromatic rings. The van der Waals surface area contributed by atoms with Crippen LogP contribution in [0.4, 0.5) is 0 Å². The highest BCUT2D eigenvalue weighted by Crippen LogP contribution is 2.53. The van der Waals surface area contributed by atoms with Gasteiger partial charge in [-0.25, -0.2) is 0 Å². The van der Waals surface area contributed by atoms with Crippen molar-refractivity contribution in [2.24, 2.45) is 5.73 Å². The van der Waals surface area contributed by atoms with Crippen molar-refractivity contribution >= 4 is 27.5 Å². The smallest absolute Gasteiger partial charge is 0.175 e. The lowest BCUT2D eigenvalue weighted by Gasteiger charge is -2.19. The van der Waals surface area contributed by atoms with Gasteiger partial charge in [-0.05, 0) is 34.8 Å². The number of hydrogen-bond acceptors (Lipinski definition) is 3. The van der Waals surface area contributed by atoms with Gasteiger partial charge in [-0.1, -0.05) is 11.6 Å². The van der Waals surface area contributed by atoms with E-state index < -0.39 is 0 Å². The van der Waals surface area contributed by atoms with Gasteiger partial charge in [0.05, 0.1) is 23.7 Å². The molecule has 2 rings (SSSR count). The second-order valence-electron chi connectivity index (χ2n) is 3.94. The summed E-state index contributed by atoms with van der Waals surface area (Å²) in [4.78, 5) is 0. The molecule has 0 aromatic heterocycles. The summed E-state index contributed by atoms with van der Waals surface area (Å²) < 4.78 is 11.4. The molecule has 2 N–H and O–H groups in total. The quantitative estimate of drug-likeness (QED) is 0.933. The van der Waals surface area contributed by atoms with Crippen LogP contribution < -0.4 is 15.2 Å². The van der Waals surface area contributed by atoms with Crippen LogP contribution >= 0.6 is 27.5 Å². The molecule has 1 aromatic carbocycles. The molecule has 1 aliphatic rings. The number of methoxy groups -OCH3 is 2. The van der Waals surface area contributed by atoms with E-state index in [0.29, 0.717) is 16.5 Å². The number of ether oxygens (including phenoxy) is 2. The molecule has 1 saturated carbocycles. The van der Waals surface area contributed by atoms with Crippen LogP contribution in [0.5, 0.6) is 11.5 Å². The van der Waals surface area contributed by atoms with Crippen LogP contribution in [-0.4, -0.2) is 14.2 Å². The topological polar surface area (TPSA) is 44.5 Å². The van der Waals surface area contributed by atoms with Crippen LogP contribution in [0.1, 0.15) is 18.4 Å². The maximum atomic E-state index is 6.22. The summed E-state index contributed by atoms with van der Waals surface area (Å²) in [5.41, 5.74) is 6.68. The van der Waals surface area contributed by atoms with E-state index in [2.05, 4.69) is 15.9 Å². The number of benzene rings is 1. The Hall–Kier alpha value is -0.450. The van der Waals surface area contributed by atoms with E-state index in [0.717, 1.165) is 22.9 Å². The van der Waals surface area contributed by atoms with Gasteiger partial charge in [0, 0.05) is 11.1 Å². The molecule has 0 unspecified atom stereocenters. The van der Waals surface area contributed by atoms with E-state index in [1.165, 1.54) is 0 Å². The van der Waals surface area contributed by atoms with Gasteiger partial charge in [0.2, 0.25) is 0 Å². The Bertz CT molecular complexity index is 432. The minimum atomic E-state index is -0.351. The van der Waals surface area contributed by atoms with Crippen LogP contribution in [0.3, 0.4) is 0 Å². The number of nitrogens with two attached hydrogens (primary N) is 1. The SMILES string of the molecule is COc1c(Br)cc(Cl)c(C2(N)CC2)c1OC. The minimum absolute atomic E-state index is 0.351. The molecule has 16 heavy (non-hydrogen) atoms. The summed E-state index contributed by atoms with van der Waals surface area (Å²) in [5, 5.41) is 0.615. The van der Waals surface area contributed by atoms with Gasteiger partial charge < -0.3 is 15.2 Å². The Morgan fingerprint density at radius 2 is 1.88 bits per heavy atom.